The number of rotatable bonds is 6. The number of aliphatic imine (C=N–C) groups is 2. The van der Waals surface area contributed by atoms with Crippen molar-refractivity contribution in [1.29, 1.82) is 0 Å². The van der Waals surface area contributed by atoms with Crippen molar-refractivity contribution in [2.45, 2.75) is 80.1 Å². The summed E-state index contributed by atoms with van der Waals surface area (Å²) in [5.41, 5.74) is 8.06. The zero-order valence-corrected chi connectivity index (χ0v) is 22.3. The van der Waals surface area contributed by atoms with Gasteiger partial charge < -0.3 is 0 Å². The van der Waals surface area contributed by atoms with Gasteiger partial charge in [-0.1, -0.05) is 78.0 Å². The molecule has 0 spiro atoms. The molecule has 3 heteroatoms. The van der Waals surface area contributed by atoms with Crippen molar-refractivity contribution in [3.8, 4) is 0 Å². The molecular weight excluding hydrogens is 414 g/mol. The number of allylic oxidation sites excluding steroid dienone is 3. The Morgan fingerprint density at radius 1 is 0.824 bits per heavy atom. The molecule has 0 fully saturated rings. The van der Waals surface area contributed by atoms with Crippen molar-refractivity contribution in [3.05, 3.63) is 83.3 Å². The molecule has 0 bridgehead atoms. The highest BCUT2D eigenvalue weighted by Crippen LogP contribution is 2.36. The number of nitrogens with zero attached hydrogens (tertiary/aromatic N) is 3. The van der Waals surface area contributed by atoms with Gasteiger partial charge in [-0.15, -0.1) is 0 Å². The molecule has 3 rings (SSSR count). The van der Waals surface area contributed by atoms with E-state index < -0.39 is 0 Å². The maximum absolute atomic E-state index is 5.22. The third-order valence-corrected chi connectivity index (χ3v) is 6.39. The molecular formula is C31H41N3. The minimum Gasteiger partial charge on any atom is -0.261 e. The summed E-state index contributed by atoms with van der Waals surface area (Å²) < 4.78 is 0. The molecule has 34 heavy (non-hydrogen) atoms. The van der Waals surface area contributed by atoms with Crippen LogP contribution in [0.2, 0.25) is 0 Å². The van der Waals surface area contributed by atoms with Crippen molar-refractivity contribution in [3.63, 3.8) is 0 Å². The Balaban J connectivity index is 2.04. The van der Waals surface area contributed by atoms with Crippen LogP contribution in [0.15, 0.2) is 82.1 Å². The van der Waals surface area contributed by atoms with Crippen LogP contribution < -0.4 is 0 Å². The Morgan fingerprint density at radius 2 is 1.47 bits per heavy atom. The van der Waals surface area contributed by atoms with E-state index in [1.165, 1.54) is 11.1 Å². The predicted molar refractivity (Wildman–Crippen MR) is 147 cm³/mol. The van der Waals surface area contributed by atoms with E-state index >= 15 is 0 Å². The predicted octanol–water partition coefficient (Wildman–Crippen LogP) is 8.44. The summed E-state index contributed by atoms with van der Waals surface area (Å²) in [5.74, 6) is 0.0759. The SMILES string of the molecule is CC(=NC1=CCCC=C1C(C)(C)C)C(Cc1ccccn1)C(C)=Nc1ccccc1C(C)(C)C. The van der Waals surface area contributed by atoms with Crippen LogP contribution in [0.5, 0.6) is 0 Å². The van der Waals surface area contributed by atoms with Gasteiger partial charge in [0, 0.05) is 35.7 Å². The third-order valence-electron chi connectivity index (χ3n) is 6.39. The molecule has 1 aromatic heterocycles. The highest BCUT2D eigenvalue weighted by atomic mass is 14.8. The molecule has 1 unspecified atom stereocenters. The fraction of sp³-hybridized carbons (Fsp3) is 0.452. The average Bonchev–Trinajstić information content (AvgIpc) is 2.77. The highest BCUT2D eigenvalue weighted by Gasteiger charge is 2.25. The van der Waals surface area contributed by atoms with Gasteiger partial charge in [0.15, 0.2) is 0 Å². The van der Waals surface area contributed by atoms with Crippen LogP contribution in [0.1, 0.15) is 79.5 Å². The lowest BCUT2D eigenvalue weighted by atomic mass is 9.81. The van der Waals surface area contributed by atoms with Crippen molar-refractivity contribution in [2.24, 2.45) is 21.3 Å². The molecule has 0 radical (unpaired) electrons. The van der Waals surface area contributed by atoms with Gasteiger partial charge in [-0.2, -0.15) is 0 Å². The van der Waals surface area contributed by atoms with Gasteiger partial charge in [0.2, 0.25) is 0 Å². The van der Waals surface area contributed by atoms with E-state index in [0.717, 1.165) is 47.8 Å². The first kappa shape index (κ1) is 25.8. The Kier molecular flexibility index (Phi) is 8.07. The van der Waals surface area contributed by atoms with Gasteiger partial charge in [-0.3, -0.25) is 15.0 Å². The van der Waals surface area contributed by atoms with Crippen LogP contribution in [0.3, 0.4) is 0 Å². The molecule has 1 aliphatic rings. The summed E-state index contributed by atoms with van der Waals surface area (Å²) in [4.78, 5) is 15.0. The molecule has 1 aliphatic carbocycles. The lowest BCUT2D eigenvalue weighted by molar-refractivity contribution is 0.503. The molecule has 1 atom stereocenters. The zero-order chi connectivity index (χ0) is 24.9. The van der Waals surface area contributed by atoms with Crippen LogP contribution >= 0.6 is 0 Å². The Labute approximate surface area is 206 Å². The van der Waals surface area contributed by atoms with Gasteiger partial charge in [0.25, 0.3) is 0 Å². The van der Waals surface area contributed by atoms with E-state index in [1.807, 2.05) is 12.3 Å². The van der Waals surface area contributed by atoms with Crippen molar-refractivity contribution >= 4 is 17.1 Å². The zero-order valence-electron chi connectivity index (χ0n) is 22.3. The second-order valence-electron chi connectivity index (χ2n) is 11.4. The molecule has 2 aromatic rings. The minimum absolute atomic E-state index is 0.0271. The topological polar surface area (TPSA) is 37.6 Å². The van der Waals surface area contributed by atoms with Gasteiger partial charge in [-0.25, -0.2) is 0 Å². The Hall–Kier alpha value is -2.81. The molecule has 180 valence electrons. The third kappa shape index (κ3) is 6.62. The standard InChI is InChI=1S/C31H41N3/c1-22(33-28-18-11-9-16-26(28)30(3,4)5)25(21-24-15-13-14-20-32-24)23(2)34-29-19-12-10-17-27(29)31(6,7)8/h9,11,13-20,25H,10,12,21H2,1-8H3. The fourth-order valence-electron chi connectivity index (χ4n) is 4.53. The summed E-state index contributed by atoms with van der Waals surface area (Å²) in [6, 6.07) is 14.6. The minimum atomic E-state index is 0.0271. The van der Waals surface area contributed by atoms with Crippen LogP contribution in [0, 0.1) is 11.3 Å². The fourth-order valence-corrected chi connectivity index (χ4v) is 4.53. The Bertz CT molecular complexity index is 1100. The number of benzene rings is 1. The normalized spacial score (nSPS) is 16.7. The van der Waals surface area contributed by atoms with Crippen LogP contribution in [-0.4, -0.2) is 16.4 Å². The van der Waals surface area contributed by atoms with Gasteiger partial charge >= 0.3 is 0 Å². The molecule has 0 N–H and O–H groups in total. The summed E-state index contributed by atoms with van der Waals surface area (Å²) in [7, 11) is 0. The molecule has 3 nitrogen and oxygen atoms in total. The maximum atomic E-state index is 5.22. The summed E-state index contributed by atoms with van der Waals surface area (Å²) in [5, 5.41) is 0. The summed E-state index contributed by atoms with van der Waals surface area (Å²) >= 11 is 0. The van der Waals surface area contributed by atoms with E-state index in [-0.39, 0.29) is 16.7 Å². The average molecular weight is 456 g/mol. The van der Waals surface area contributed by atoms with Crippen LogP contribution in [0.25, 0.3) is 0 Å². The van der Waals surface area contributed by atoms with E-state index in [9.17, 15) is 0 Å². The number of para-hydroxylation sites is 1. The molecule has 1 aromatic carbocycles. The first-order chi connectivity index (χ1) is 16.0. The maximum Gasteiger partial charge on any atom is 0.0666 e. The lowest BCUT2D eigenvalue weighted by Gasteiger charge is -2.27. The summed E-state index contributed by atoms with van der Waals surface area (Å²) in [6.45, 7) is 17.8. The molecule has 0 saturated carbocycles. The first-order valence-corrected chi connectivity index (χ1v) is 12.5. The first-order valence-electron chi connectivity index (χ1n) is 12.5. The van der Waals surface area contributed by atoms with Crippen molar-refractivity contribution in [2.75, 3.05) is 0 Å². The van der Waals surface area contributed by atoms with Crippen molar-refractivity contribution < 1.29 is 0 Å². The van der Waals surface area contributed by atoms with Gasteiger partial charge in [0.1, 0.15) is 0 Å². The molecule has 0 aliphatic heterocycles. The van der Waals surface area contributed by atoms with Gasteiger partial charge in [0.05, 0.1) is 11.4 Å². The number of aromatic nitrogens is 1. The van der Waals surface area contributed by atoms with Crippen LogP contribution in [0.4, 0.5) is 5.69 Å². The van der Waals surface area contributed by atoms with E-state index in [2.05, 4.69) is 109 Å². The smallest absolute Gasteiger partial charge is 0.0666 e. The van der Waals surface area contributed by atoms with Crippen LogP contribution in [-0.2, 0) is 11.8 Å². The van der Waals surface area contributed by atoms with Crippen molar-refractivity contribution in [1.82, 2.24) is 4.98 Å². The lowest BCUT2D eigenvalue weighted by Crippen LogP contribution is -2.24. The van der Waals surface area contributed by atoms with Gasteiger partial charge in [-0.05, 0) is 66.9 Å². The molecule has 0 amide bonds. The number of pyridine rings is 1. The van der Waals surface area contributed by atoms with E-state index in [0.29, 0.717) is 0 Å². The molecule has 1 heterocycles. The highest BCUT2D eigenvalue weighted by molar-refractivity contribution is 6.07. The second-order valence-corrected chi connectivity index (χ2v) is 11.4. The number of hydrogen-bond donors (Lipinski definition) is 0. The second kappa shape index (κ2) is 10.6. The number of hydrogen-bond acceptors (Lipinski definition) is 3. The quantitative estimate of drug-likeness (QED) is 0.403. The monoisotopic (exact) mass is 455 g/mol. The Morgan fingerprint density at radius 3 is 2.12 bits per heavy atom. The largest absolute Gasteiger partial charge is 0.261 e. The van der Waals surface area contributed by atoms with E-state index in [4.69, 9.17) is 9.98 Å². The van der Waals surface area contributed by atoms with E-state index in [1.54, 1.807) is 0 Å². The molecule has 0 saturated heterocycles. The summed E-state index contributed by atoms with van der Waals surface area (Å²) in [6.07, 6.45) is 9.44.